The number of carbonyl (C=O) groups excluding carboxylic acids is 1. The number of hydrogen-bond donors (Lipinski definition) is 0. The number of ether oxygens (including phenoxy) is 1. The maximum Gasteiger partial charge on any atom is 0.171 e. The zero-order chi connectivity index (χ0) is 15.3. The quantitative estimate of drug-likeness (QED) is 0.620. The first-order valence-corrected chi connectivity index (χ1v) is 11.0. The number of Topliss-reactive ketones (excluding diaryl/α,β-unsaturated/α-hetero) is 1. The van der Waals surface area contributed by atoms with Crippen molar-refractivity contribution >= 4 is 19.0 Å². The second-order valence-corrected chi connectivity index (χ2v) is 13.0. The molecule has 3 fully saturated rings. The number of rotatable bonds is 2. The monoisotopic (exact) mass is 300 g/mol. The van der Waals surface area contributed by atoms with Gasteiger partial charge in [0, 0.05) is 5.04 Å². The van der Waals surface area contributed by atoms with E-state index in [1.54, 1.807) is 0 Å². The van der Waals surface area contributed by atoms with Crippen LogP contribution in [0.15, 0.2) is 30.3 Å². The van der Waals surface area contributed by atoms with E-state index < -0.39 is 13.7 Å². The zero-order valence-corrected chi connectivity index (χ0v) is 14.6. The van der Waals surface area contributed by atoms with Gasteiger partial charge in [0.1, 0.15) is 0 Å². The molecule has 2 aliphatic carbocycles. The number of epoxide rings is 1. The molecule has 1 aromatic carbocycles. The third-order valence-corrected chi connectivity index (χ3v) is 12.0. The largest absolute Gasteiger partial charge is 0.358 e. The minimum absolute atomic E-state index is 0.120. The van der Waals surface area contributed by atoms with Crippen molar-refractivity contribution in [2.75, 3.05) is 0 Å². The Morgan fingerprint density at radius 1 is 1.14 bits per heavy atom. The van der Waals surface area contributed by atoms with Crippen LogP contribution in [0.5, 0.6) is 0 Å². The van der Waals surface area contributed by atoms with Crippen molar-refractivity contribution in [3.8, 4) is 0 Å². The van der Waals surface area contributed by atoms with Crippen molar-refractivity contribution in [3.63, 3.8) is 0 Å². The van der Waals surface area contributed by atoms with Gasteiger partial charge in [-0.15, -0.1) is 0 Å². The molecular weight excluding hydrogens is 276 g/mol. The molecule has 3 heteroatoms. The minimum atomic E-state index is -1.92. The second kappa shape index (κ2) is 3.52. The fourth-order valence-electron chi connectivity index (χ4n) is 5.74. The first-order valence-electron chi connectivity index (χ1n) is 7.99. The van der Waals surface area contributed by atoms with Gasteiger partial charge in [-0.2, -0.15) is 0 Å². The van der Waals surface area contributed by atoms with Gasteiger partial charge in [0.05, 0.1) is 14.2 Å². The molecule has 3 aliphatic rings. The Bertz CT molecular complexity index is 636. The lowest BCUT2D eigenvalue weighted by Crippen LogP contribution is -2.56. The molecule has 0 radical (unpaired) electrons. The number of benzene rings is 1. The second-order valence-electron chi connectivity index (χ2n) is 8.35. The van der Waals surface area contributed by atoms with Crippen LogP contribution in [0.3, 0.4) is 0 Å². The average molecular weight is 300 g/mol. The van der Waals surface area contributed by atoms with E-state index in [-0.39, 0.29) is 16.6 Å². The number of hydrogen-bond acceptors (Lipinski definition) is 2. The van der Waals surface area contributed by atoms with Crippen molar-refractivity contribution in [1.82, 2.24) is 0 Å². The summed E-state index contributed by atoms with van der Waals surface area (Å²) in [5.41, 5.74) is -0.362. The molecule has 1 unspecified atom stereocenters. The van der Waals surface area contributed by atoms with Crippen LogP contribution in [-0.4, -0.2) is 25.6 Å². The summed E-state index contributed by atoms with van der Waals surface area (Å²) in [6, 6.07) is 10.7. The van der Waals surface area contributed by atoms with Gasteiger partial charge in [-0.3, -0.25) is 4.79 Å². The van der Waals surface area contributed by atoms with Gasteiger partial charge in [0.2, 0.25) is 0 Å². The summed E-state index contributed by atoms with van der Waals surface area (Å²) >= 11 is 0. The van der Waals surface area contributed by atoms with Gasteiger partial charge >= 0.3 is 0 Å². The van der Waals surface area contributed by atoms with Gasteiger partial charge in [0.15, 0.2) is 11.4 Å². The van der Waals surface area contributed by atoms with Gasteiger partial charge in [0.25, 0.3) is 0 Å². The molecule has 0 aromatic heterocycles. The van der Waals surface area contributed by atoms with E-state index >= 15 is 0 Å². The Morgan fingerprint density at radius 2 is 1.76 bits per heavy atom. The average Bonchev–Trinajstić information content (AvgIpc) is 3.25. The third kappa shape index (κ3) is 1.27. The molecule has 0 N–H and O–H groups in total. The third-order valence-electron chi connectivity index (χ3n) is 7.01. The van der Waals surface area contributed by atoms with Crippen molar-refractivity contribution in [1.29, 1.82) is 0 Å². The van der Waals surface area contributed by atoms with Gasteiger partial charge in [-0.05, 0) is 24.7 Å². The fraction of sp³-hybridized carbons (Fsp3) is 0.611. The summed E-state index contributed by atoms with van der Waals surface area (Å²) in [5.74, 6) is 0.904. The highest BCUT2D eigenvalue weighted by Gasteiger charge is 2.88. The predicted molar refractivity (Wildman–Crippen MR) is 86.4 cm³/mol. The fourth-order valence-corrected chi connectivity index (χ4v) is 11.1. The van der Waals surface area contributed by atoms with E-state index in [1.807, 2.05) is 6.92 Å². The first kappa shape index (κ1) is 13.7. The van der Waals surface area contributed by atoms with Crippen LogP contribution in [0.4, 0.5) is 0 Å². The molecule has 21 heavy (non-hydrogen) atoms. The Morgan fingerprint density at radius 3 is 2.38 bits per heavy atom. The Balaban J connectivity index is 1.87. The van der Waals surface area contributed by atoms with E-state index in [0.29, 0.717) is 11.7 Å². The Hall–Kier alpha value is -0.933. The topological polar surface area (TPSA) is 29.6 Å². The van der Waals surface area contributed by atoms with Crippen molar-refractivity contribution in [3.05, 3.63) is 30.3 Å². The maximum atomic E-state index is 13.4. The molecular formula is C18H24O2Si. The van der Waals surface area contributed by atoms with Gasteiger partial charge < -0.3 is 4.74 Å². The van der Waals surface area contributed by atoms with Gasteiger partial charge in [-0.25, -0.2) is 0 Å². The molecule has 2 saturated carbocycles. The van der Waals surface area contributed by atoms with Crippen molar-refractivity contribution in [2.24, 2.45) is 11.3 Å². The summed E-state index contributed by atoms with van der Waals surface area (Å²) in [5, 5.41) is 1.25. The summed E-state index contributed by atoms with van der Waals surface area (Å²) in [6.45, 7) is 11.4. The normalized spacial score (nSPS) is 43.0. The smallest absolute Gasteiger partial charge is 0.171 e. The molecule has 112 valence electrons. The van der Waals surface area contributed by atoms with E-state index in [4.69, 9.17) is 4.74 Å². The van der Waals surface area contributed by atoms with Crippen LogP contribution in [0.1, 0.15) is 27.2 Å². The molecule has 0 bridgehead atoms. The van der Waals surface area contributed by atoms with E-state index in [0.717, 1.165) is 6.42 Å². The van der Waals surface area contributed by atoms with Crippen LogP contribution in [0, 0.1) is 11.3 Å². The summed E-state index contributed by atoms with van der Waals surface area (Å²) in [4.78, 5) is 13.4. The highest BCUT2D eigenvalue weighted by atomic mass is 28.3. The number of carbonyl (C=O) groups is 1. The highest BCUT2D eigenvalue weighted by Crippen LogP contribution is 2.85. The molecule has 4 rings (SSSR count). The molecule has 1 aliphatic heterocycles. The number of ketones is 1. The minimum Gasteiger partial charge on any atom is -0.358 e. The van der Waals surface area contributed by atoms with Crippen LogP contribution < -0.4 is 5.19 Å². The predicted octanol–water partition coefficient (Wildman–Crippen LogP) is 3.13. The van der Waals surface area contributed by atoms with Crippen molar-refractivity contribution in [2.45, 2.75) is 57.0 Å². The number of fused-ring (bicyclic) bond motifs is 2. The van der Waals surface area contributed by atoms with Crippen LogP contribution in [0.25, 0.3) is 0 Å². The summed E-state index contributed by atoms with van der Waals surface area (Å²) < 4.78 is 5.80. The molecule has 1 saturated heterocycles. The molecule has 1 aromatic rings. The molecule has 2 nitrogen and oxygen atoms in total. The Labute approximate surface area is 127 Å². The lowest BCUT2D eigenvalue weighted by molar-refractivity contribution is -0.125. The lowest BCUT2D eigenvalue weighted by atomic mass is 9.88. The molecule has 0 spiro atoms. The van der Waals surface area contributed by atoms with E-state index in [9.17, 15) is 4.79 Å². The first-order chi connectivity index (χ1) is 9.70. The lowest BCUT2D eigenvalue weighted by Gasteiger charge is -2.38. The van der Waals surface area contributed by atoms with Crippen LogP contribution in [-0.2, 0) is 9.53 Å². The van der Waals surface area contributed by atoms with E-state index in [1.165, 1.54) is 5.19 Å². The molecule has 1 heterocycles. The molecule has 4 atom stereocenters. The highest BCUT2D eigenvalue weighted by molar-refractivity contribution is 6.96. The summed E-state index contributed by atoms with van der Waals surface area (Å²) in [7, 11) is -1.92. The standard InChI is InChI=1S/C18H24O2Si/c1-16(2)13-11-14-17(3,20-14)15(19)18(13,16)21(4,5)12-9-7-6-8-10-12/h6-10,13-14H,11H2,1-5H3/t13?,14-,17-,18+/m0/s1. The maximum absolute atomic E-state index is 13.4. The van der Waals surface area contributed by atoms with E-state index in [2.05, 4.69) is 57.3 Å². The summed E-state index contributed by atoms with van der Waals surface area (Å²) in [6.07, 6.45) is 1.25. The van der Waals surface area contributed by atoms with Crippen LogP contribution >= 0.6 is 0 Å². The zero-order valence-electron chi connectivity index (χ0n) is 13.6. The van der Waals surface area contributed by atoms with Gasteiger partial charge in [-0.1, -0.05) is 62.5 Å². The SMILES string of the molecule is CC1(C)C2C[C@@H]3O[C@]3(C)C(=O)[C@]21[Si](C)(C)c1ccccc1. The molecule has 0 amide bonds. The Kier molecular flexibility index (Phi) is 2.30. The van der Waals surface area contributed by atoms with Crippen molar-refractivity contribution < 1.29 is 9.53 Å². The van der Waals surface area contributed by atoms with Crippen LogP contribution in [0.2, 0.25) is 18.1 Å².